The first-order valence-electron chi connectivity index (χ1n) is 5.88. The molecule has 0 radical (unpaired) electrons. The number of hydrogen-bond acceptors (Lipinski definition) is 3. The molecule has 100 valence electrons. The Morgan fingerprint density at radius 3 is 2.83 bits per heavy atom. The second-order valence-electron chi connectivity index (χ2n) is 4.07. The largest absolute Gasteiger partial charge is 0.385 e. The lowest BCUT2D eigenvalue weighted by atomic mass is 10.2. The van der Waals surface area contributed by atoms with Gasteiger partial charge in [-0.3, -0.25) is 4.79 Å². The van der Waals surface area contributed by atoms with E-state index in [9.17, 15) is 4.79 Å². The standard InChI is InChI=1S/C13H19BrN2O2/c1-10-6-11(14)8-12(7-10)16-9-13(17)15-4-3-5-18-2/h6-8,16H,3-5,9H2,1-2H3,(H,15,17). The van der Waals surface area contributed by atoms with Crippen LogP contribution in [-0.2, 0) is 9.53 Å². The summed E-state index contributed by atoms with van der Waals surface area (Å²) in [5.74, 6) is -0.0104. The SMILES string of the molecule is COCCCNC(=O)CNc1cc(C)cc(Br)c1. The molecule has 0 aromatic heterocycles. The van der Waals surface area contributed by atoms with E-state index in [2.05, 4.69) is 26.6 Å². The topological polar surface area (TPSA) is 50.4 Å². The third-order valence-electron chi connectivity index (χ3n) is 2.34. The van der Waals surface area contributed by atoms with Crippen LogP contribution in [-0.4, -0.2) is 32.7 Å². The van der Waals surface area contributed by atoms with E-state index in [0.29, 0.717) is 13.2 Å². The maximum atomic E-state index is 11.5. The van der Waals surface area contributed by atoms with Gasteiger partial charge >= 0.3 is 0 Å². The summed E-state index contributed by atoms with van der Waals surface area (Å²) in [5.41, 5.74) is 2.08. The maximum absolute atomic E-state index is 11.5. The van der Waals surface area contributed by atoms with E-state index in [-0.39, 0.29) is 12.5 Å². The van der Waals surface area contributed by atoms with Crippen LogP contribution >= 0.6 is 15.9 Å². The first-order valence-corrected chi connectivity index (χ1v) is 6.68. The van der Waals surface area contributed by atoms with Gasteiger partial charge < -0.3 is 15.4 Å². The molecule has 0 spiro atoms. The Morgan fingerprint density at radius 2 is 2.17 bits per heavy atom. The Bertz CT molecular complexity index is 376. The first-order chi connectivity index (χ1) is 8.61. The van der Waals surface area contributed by atoms with Crippen molar-refractivity contribution in [1.29, 1.82) is 0 Å². The van der Waals surface area contributed by atoms with Gasteiger partial charge in [-0.25, -0.2) is 0 Å². The summed E-state index contributed by atoms with van der Waals surface area (Å²) >= 11 is 3.42. The van der Waals surface area contributed by atoms with Crippen LogP contribution in [0.1, 0.15) is 12.0 Å². The number of ether oxygens (including phenoxy) is 1. The van der Waals surface area contributed by atoms with Crippen LogP contribution in [0.15, 0.2) is 22.7 Å². The normalized spacial score (nSPS) is 10.2. The molecular formula is C13H19BrN2O2. The quantitative estimate of drug-likeness (QED) is 0.759. The number of aryl methyl sites for hydroxylation is 1. The van der Waals surface area contributed by atoms with E-state index in [1.165, 1.54) is 0 Å². The summed E-state index contributed by atoms with van der Waals surface area (Å²) in [5, 5.41) is 5.92. The highest BCUT2D eigenvalue weighted by Gasteiger charge is 2.01. The summed E-state index contributed by atoms with van der Waals surface area (Å²) in [7, 11) is 1.65. The number of halogens is 1. The van der Waals surface area contributed by atoms with Crippen molar-refractivity contribution in [1.82, 2.24) is 5.32 Å². The van der Waals surface area contributed by atoms with Crippen LogP contribution in [0, 0.1) is 6.92 Å². The molecule has 0 aliphatic heterocycles. The van der Waals surface area contributed by atoms with Crippen LogP contribution in [0.3, 0.4) is 0 Å². The fraction of sp³-hybridized carbons (Fsp3) is 0.462. The number of hydrogen-bond donors (Lipinski definition) is 2. The third-order valence-corrected chi connectivity index (χ3v) is 2.80. The Balaban J connectivity index is 2.29. The number of carbonyl (C=O) groups excluding carboxylic acids is 1. The van der Waals surface area contributed by atoms with Crippen LogP contribution in [0.25, 0.3) is 0 Å². The number of anilines is 1. The molecule has 0 heterocycles. The number of methoxy groups -OCH3 is 1. The molecule has 0 aliphatic rings. The van der Waals surface area contributed by atoms with Gasteiger partial charge in [-0.05, 0) is 37.1 Å². The molecule has 0 saturated carbocycles. The van der Waals surface area contributed by atoms with Crippen molar-refractivity contribution in [3.8, 4) is 0 Å². The molecule has 1 rings (SSSR count). The summed E-state index contributed by atoms with van der Waals surface area (Å²) in [4.78, 5) is 11.5. The molecular weight excluding hydrogens is 296 g/mol. The molecule has 0 unspecified atom stereocenters. The van der Waals surface area contributed by atoms with Gasteiger partial charge in [0.05, 0.1) is 6.54 Å². The average molecular weight is 315 g/mol. The van der Waals surface area contributed by atoms with E-state index in [1.54, 1.807) is 7.11 Å². The zero-order valence-electron chi connectivity index (χ0n) is 10.8. The first kappa shape index (κ1) is 15.0. The van der Waals surface area contributed by atoms with Gasteiger partial charge in [0, 0.05) is 30.4 Å². The van der Waals surface area contributed by atoms with Gasteiger partial charge in [0.1, 0.15) is 0 Å². The number of amides is 1. The van der Waals surface area contributed by atoms with Gasteiger partial charge in [-0.1, -0.05) is 15.9 Å². The summed E-state index contributed by atoms with van der Waals surface area (Å²) in [6.45, 7) is 3.61. The Kier molecular flexibility index (Phi) is 6.75. The monoisotopic (exact) mass is 314 g/mol. The predicted molar refractivity (Wildman–Crippen MR) is 76.9 cm³/mol. The molecule has 1 amide bonds. The summed E-state index contributed by atoms with van der Waals surface area (Å²) < 4.78 is 5.91. The summed E-state index contributed by atoms with van der Waals surface area (Å²) in [6.07, 6.45) is 0.832. The Labute approximate surface area is 116 Å². The van der Waals surface area contributed by atoms with Crippen molar-refractivity contribution >= 4 is 27.5 Å². The lowest BCUT2D eigenvalue weighted by molar-refractivity contribution is -0.119. The van der Waals surface area contributed by atoms with Gasteiger partial charge in [0.2, 0.25) is 5.91 Å². The number of carbonyl (C=O) groups is 1. The van der Waals surface area contributed by atoms with Crippen molar-refractivity contribution in [3.05, 3.63) is 28.2 Å². The molecule has 2 N–H and O–H groups in total. The van der Waals surface area contributed by atoms with E-state index in [4.69, 9.17) is 4.74 Å². The highest BCUT2D eigenvalue weighted by molar-refractivity contribution is 9.10. The van der Waals surface area contributed by atoms with Crippen molar-refractivity contribution in [3.63, 3.8) is 0 Å². The zero-order valence-corrected chi connectivity index (χ0v) is 12.3. The molecule has 1 aromatic rings. The van der Waals surface area contributed by atoms with E-state index >= 15 is 0 Å². The fourth-order valence-electron chi connectivity index (χ4n) is 1.53. The van der Waals surface area contributed by atoms with Gasteiger partial charge in [0.25, 0.3) is 0 Å². The van der Waals surface area contributed by atoms with E-state index < -0.39 is 0 Å². The van der Waals surface area contributed by atoms with Crippen molar-refractivity contribution in [2.45, 2.75) is 13.3 Å². The second kappa shape index (κ2) is 8.11. The Morgan fingerprint density at radius 1 is 1.39 bits per heavy atom. The minimum Gasteiger partial charge on any atom is -0.385 e. The van der Waals surface area contributed by atoms with Crippen LogP contribution in [0.5, 0.6) is 0 Å². The molecule has 18 heavy (non-hydrogen) atoms. The highest BCUT2D eigenvalue weighted by atomic mass is 79.9. The second-order valence-corrected chi connectivity index (χ2v) is 4.98. The number of benzene rings is 1. The fourth-order valence-corrected chi connectivity index (χ4v) is 2.14. The van der Waals surface area contributed by atoms with Gasteiger partial charge in [-0.15, -0.1) is 0 Å². The van der Waals surface area contributed by atoms with Crippen LogP contribution in [0.2, 0.25) is 0 Å². The van der Waals surface area contributed by atoms with Crippen molar-refractivity contribution < 1.29 is 9.53 Å². The van der Waals surface area contributed by atoms with E-state index in [0.717, 1.165) is 22.1 Å². The molecule has 5 heteroatoms. The smallest absolute Gasteiger partial charge is 0.239 e. The lowest BCUT2D eigenvalue weighted by Gasteiger charge is -2.09. The van der Waals surface area contributed by atoms with Crippen LogP contribution < -0.4 is 10.6 Å². The van der Waals surface area contributed by atoms with Crippen molar-refractivity contribution in [2.24, 2.45) is 0 Å². The molecule has 0 atom stereocenters. The molecule has 4 nitrogen and oxygen atoms in total. The highest BCUT2D eigenvalue weighted by Crippen LogP contribution is 2.18. The van der Waals surface area contributed by atoms with Gasteiger partial charge in [0.15, 0.2) is 0 Å². The summed E-state index contributed by atoms with van der Waals surface area (Å²) in [6, 6.07) is 5.98. The average Bonchev–Trinajstić information content (AvgIpc) is 2.31. The van der Waals surface area contributed by atoms with E-state index in [1.807, 2.05) is 25.1 Å². The maximum Gasteiger partial charge on any atom is 0.239 e. The minimum atomic E-state index is -0.0104. The molecule has 1 aromatic carbocycles. The molecule has 0 saturated heterocycles. The number of nitrogens with one attached hydrogen (secondary N) is 2. The lowest BCUT2D eigenvalue weighted by Crippen LogP contribution is -2.31. The predicted octanol–water partition coefficient (Wildman–Crippen LogP) is 2.32. The third kappa shape index (κ3) is 6.02. The molecule has 0 aliphatic carbocycles. The molecule has 0 fully saturated rings. The minimum absolute atomic E-state index is 0.0104. The van der Waals surface area contributed by atoms with Crippen molar-refractivity contribution in [2.75, 3.05) is 32.1 Å². The van der Waals surface area contributed by atoms with Crippen LogP contribution in [0.4, 0.5) is 5.69 Å². The zero-order chi connectivity index (χ0) is 13.4. The molecule has 0 bridgehead atoms. The van der Waals surface area contributed by atoms with Gasteiger partial charge in [-0.2, -0.15) is 0 Å². The Hall–Kier alpha value is -1.07. The number of rotatable bonds is 7.